The predicted molar refractivity (Wildman–Crippen MR) is 71.9 cm³/mol. The van der Waals surface area contributed by atoms with Crippen LogP contribution in [0.5, 0.6) is 0 Å². The molecule has 1 aromatic heterocycles. The second-order valence-electron chi connectivity index (χ2n) is 4.13. The van der Waals surface area contributed by atoms with E-state index in [1.165, 1.54) is 10.9 Å². The van der Waals surface area contributed by atoms with E-state index in [0.717, 1.165) is 16.7 Å². The number of hydrogen-bond donors (Lipinski definition) is 1. The molecule has 90 valence electrons. The average molecular weight is 249 g/mol. The minimum Gasteiger partial charge on any atom is -0.313 e. The van der Waals surface area contributed by atoms with Crippen LogP contribution in [0.3, 0.4) is 0 Å². The second-order valence-corrected chi connectivity index (χ2v) is 5.25. The summed E-state index contributed by atoms with van der Waals surface area (Å²) >= 11 is 1.69. The second kappa shape index (κ2) is 4.98. The number of halogens is 1. The van der Waals surface area contributed by atoms with Crippen molar-refractivity contribution in [1.82, 2.24) is 5.32 Å². The van der Waals surface area contributed by atoms with Gasteiger partial charge in [0.25, 0.3) is 0 Å². The highest BCUT2D eigenvalue weighted by Gasteiger charge is 2.13. The molecule has 1 nitrogen and oxygen atoms in total. The van der Waals surface area contributed by atoms with Gasteiger partial charge in [0.05, 0.1) is 0 Å². The largest absolute Gasteiger partial charge is 0.313 e. The van der Waals surface area contributed by atoms with Crippen molar-refractivity contribution in [2.45, 2.75) is 19.9 Å². The fourth-order valence-corrected chi connectivity index (χ4v) is 2.67. The van der Waals surface area contributed by atoms with Crippen LogP contribution in [-0.4, -0.2) is 7.05 Å². The van der Waals surface area contributed by atoms with E-state index < -0.39 is 0 Å². The molecule has 0 amide bonds. The van der Waals surface area contributed by atoms with Crippen LogP contribution in [0.25, 0.3) is 11.1 Å². The molecule has 0 radical (unpaired) electrons. The zero-order chi connectivity index (χ0) is 12.4. The van der Waals surface area contributed by atoms with Gasteiger partial charge in [0.1, 0.15) is 5.82 Å². The van der Waals surface area contributed by atoms with Crippen LogP contribution in [-0.2, 0) is 0 Å². The molecule has 0 saturated carbocycles. The van der Waals surface area contributed by atoms with Crippen LogP contribution in [0.4, 0.5) is 4.39 Å². The first-order chi connectivity index (χ1) is 8.13. The Morgan fingerprint density at radius 2 is 2.00 bits per heavy atom. The van der Waals surface area contributed by atoms with E-state index in [1.54, 1.807) is 17.4 Å². The van der Waals surface area contributed by atoms with Crippen molar-refractivity contribution in [2.24, 2.45) is 0 Å². The average Bonchev–Trinajstić information content (AvgIpc) is 2.74. The van der Waals surface area contributed by atoms with Gasteiger partial charge in [0.15, 0.2) is 0 Å². The van der Waals surface area contributed by atoms with Gasteiger partial charge >= 0.3 is 0 Å². The van der Waals surface area contributed by atoms with Crippen LogP contribution in [0.1, 0.15) is 23.4 Å². The Kier molecular flexibility index (Phi) is 3.60. The summed E-state index contributed by atoms with van der Waals surface area (Å²) in [4.78, 5) is 1.22. The molecular weight excluding hydrogens is 233 g/mol. The SMILES string of the molecule is CNC(C)c1ccc(F)cc1-c1ccsc1C. The summed E-state index contributed by atoms with van der Waals surface area (Å²) in [5.74, 6) is -0.183. The van der Waals surface area contributed by atoms with Crippen LogP contribution >= 0.6 is 11.3 Å². The first kappa shape index (κ1) is 12.3. The van der Waals surface area contributed by atoms with Gasteiger partial charge in [-0.1, -0.05) is 6.07 Å². The third-order valence-electron chi connectivity index (χ3n) is 3.06. The number of nitrogens with one attached hydrogen (secondary N) is 1. The summed E-state index contributed by atoms with van der Waals surface area (Å²) in [6, 6.07) is 7.28. The summed E-state index contributed by atoms with van der Waals surface area (Å²) in [5.41, 5.74) is 3.26. The Bertz CT molecular complexity index is 519. The maximum absolute atomic E-state index is 13.4. The van der Waals surface area contributed by atoms with Crippen molar-refractivity contribution >= 4 is 11.3 Å². The van der Waals surface area contributed by atoms with E-state index in [0.29, 0.717) is 0 Å². The van der Waals surface area contributed by atoms with Crippen molar-refractivity contribution < 1.29 is 4.39 Å². The smallest absolute Gasteiger partial charge is 0.123 e. The van der Waals surface area contributed by atoms with E-state index in [9.17, 15) is 4.39 Å². The van der Waals surface area contributed by atoms with Crippen molar-refractivity contribution in [3.05, 3.63) is 45.9 Å². The molecule has 1 unspecified atom stereocenters. The molecule has 0 spiro atoms. The lowest BCUT2D eigenvalue weighted by Gasteiger charge is -2.16. The van der Waals surface area contributed by atoms with Crippen LogP contribution < -0.4 is 5.32 Å². The Hall–Kier alpha value is -1.19. The first-order valence-corrected chi connectivity index (χ1v) is 6.52. The fourth-order valence-electron chi connectivity index (χ4n) is 1.96. The van der Waals surface area contributed by atoms with Crippen molar-refractivity contribution in [1.29, 1.82) is 0 Å². The lowest BCUT2D eigenvalue weighted by atomic mass is 9.96. The number of rotatable bonds is 3. The number of aryl methyl sites for hydroxylation is 1. The molecule has 0 aliphatic carbocycles. The van der Waals surface area contributed by atoms with Crippen molar-refractivity contribution in [3.63, 3.8) is 0 Å². The maximum Gasteiger partial charge on any atom is 0.123 e. The van der Waals surface area contributed by atoms with Crippen LogP contribution in [0.2, 0.25) is 0 Å². The van der Waals surface area contributed by atoms with E-state index in [-0.39, 0.29) is 11.9 Å². The summed E-state index contributed by atoms with van der Waals surface area (Å²) in [7, 11) is 1.91. The normalized spacial score (nSPS) is 12.7. The van der Waals surface area contributed by atoms with Gasteiger partial charge in [-0.25, -0.2) is 4.39 Å². The minimum absolute atomic E-state index is 0.183. The molecule has 0 fully saturated rings. The molecule has 1 N–H and O–H groups in total. The summed E-state index contributed by atoms with van der Waals surface area (Å²) < 4.78 is 13.4. The zero-order valence-electron chi connectivity index (χ0n) is 10.3. The van der Waals surface area contributed by atoms with Crippen molar-refractivity contribution in [2.75, 3.05) is 7.05 Å². The van der Waals surface area contributed by atoms with Gasteiger partial charge in [0.2, 0.25) is 0 Å². The molecule has 1 atom stereocenters. The third kappa shape index (κ3) is 2.40. The Morgan fingerprint density at radius 1 is 1.24 bits per heavy atom. The molecule has 17 heavy (non-hydrogen) atoms. The molecule has 1 heterocycles. The lowest BCUT2D eigenvalue weighted by Crippen LogP contribution is -2.13. The van der Waals surface area contributed by atoms with E-state index in [1.807, 2.05) is 18.5 Å². The molecule has 1 aromatic carbocycles. The van der Waals surface area contributed by atoms with E-state index >= 15 is 0 Å². The molecule has 0 bridgehead atoms. The van der Waals surface area contributed by atoms with Gasteiger partial charge in [0, 0.05) is 10.9 Å². The number of hydrogen-bond acceptors (Lipinski definition) is 2. The van der Waals surface area contributed by atoms with E-state index in [4.69, 9.17) is 0 Å². The number of benzene rings is 1. The zero-order valence-corrected chi connectivity index (χ0v) is 11.1. The summed E-state index contributed by atoms with van der Waals surface area (Å²) in [5, 5.41) is 5.25. The highest BCUT2D eigenvalue weighted by molar-refractivity contribution is 7.10. The van der Waals surface area contributed by atoms with Gasteiger partial charge in [-0.3, -0.25) is 0 Å². The topological polar surface area (TPSA) is 12.0 Å². The molecule has 0 aliphatic rings. The van der Waals surface area contributed by atoms with Gasteiger partial charge in [-0.15, -0.1) is 11.3 Å². The Labute approximate surface area is 105 Å². The molecule has 0 saturated heterocycles. The number of thiophene rings is 1. The highest BCUT2D eigenvalue weighted by atomic mass is 32.1. The maximum atomic E-state index is 13.4. The molecule has 0 aliphatic heterocycles. The third-order valence-corrected chi connectivity index (χ3v) is 3.91. The molecule has 3 heteroatoms. The van der Waals surface area contributed by atoms with Gasteiger partial charge in [-0.2, -0.15) is 0 Å². The van der Waals surface area contributed by atoms with Gasteiger partial charge < -0.3 is 5.32 Å². The predicted octanol–water partition coefficient (Wildman–Crippen LogP) is 4.14. The fraction of sp³-hybridized carbons (Fsp3) is 0.286. The molecular formula is C14H16FNS. The Morgan fingerprint density at radius 3 is 2.59 bits per heavy atom. The first-order valence-electron chi connectivity index (χ1n) is 5.64. The van der Waals surface area contributed by atoms with Gasteiger partial charge in [-0.05, 0) is 61.2 Å². The quantitative estimate of drug-likeness (QED) is 0.862. The minimum atomic E-state index is -0.183. The monoisotopic (exact) mass is 249 g/mol. The highest BCUT2D eigenvalue weighted by Crippen LogP contribution is 2.33. The standard InChI is InChI=1S/C14H16FNS/c1-9(16-3)12-5-4-11(15)8-14(12)13-6-7-17-10(13)2/h4-9,16H,1-3H3. The van der Waals surface area contributed by atoms with Crippen molar-refractivity contribution in [3.8, 4) is 11.1 Å². The summed E-state index contributed by atoms with van der Waals surface area (Å²) in [6.45, 7) is 4.15. The van der Waals surface area contributed by atoms with E-state index in [2.05, 4.69) is 25.2 Å². The summed E-state index contributed by atoms with van der Waals surface area (Å²) in [6.07, 6.45) is 0. The van der Waals surface area contributed by atoms with Crippen LogP contribution in [0.15, 0.2) is 29.6 Å². The van der Waals surface area contributed by atoms with Crippen LogP contribution in [0, 0.1) is 12.7 Å². The Balaban J connectivity index is 2.59. The lowest BCUT2D eigenvalue weighted by molar-refractivity contribution is 0.620. The molecule has 2 aromatic rings. The molecule has 2 rings (SSSR count).